The molecule has 0 aliphatic rings. The van der Waals surface area contributed by atoms with E-state index in [1.165, 1.54) is 6.07 Å². The minimum absolute atomic E-state index is 0.0616. The van der Waals surface area contributed by atoms with Crippen molar-refractivity contribution in [2.75, 3.05) is 18.1 Å². The number of carbonyl (C=O) groups excluding carboxylic acids is 1. The first-order valence-corrected chi connectivity index (χ1v) is 10.7. The summed E-state index contributed by atoms with van der Waals surface area (Å²) in [6.45, 7) is -0.618. The molecule has 0 unspecified atom stereocenters. The van der Waals surface area contributed by atoms with E-state index >= 15 is 0 Å². The van der Waals surface area contributed by atoms with Gasteiger partial charge in [0.2, 0.25) is 15.9 Å². The van der Waals surface area contributed by atoms with Crippen LogP contribution in [0.1, 0.15) is 11.1 Å². The molecule has 0 aromatic heterocycles. The molecule has 152 valence electrons. The number of anilines is 1. The zero-order chi connectivity index (χ0) is 21.1. The molecule has 0 spiro atoms. The molecule has 0 saturated heterocycles. The summed E-state index contributed by atoms with van der Waals surface area (Å²) in [4.78, 5) is 12.2. The highest BCUT2D eigenvalue weighted by atomic mass is 79.9. The summed E-state index contributed by atoms with van der Waals surface area (Å²) in [5.74, 6) is -0.780. The third-order valence-corrected chi connectivity index (χ3v) is 5.67. The number of benzene rings is 2. The van der Waals surface area contributed by atoms with E-state index < -0.39 is 39.2 Å². The average Bonchev–Trinajstić information content (AvgIpc) is 2.56. The third kappa shape index (κ3) is 6.47. The first-order valence-electron chi connectivity index (χ1n) is 7.72. The maximum Gasteiger partial charge on any atom is 0.417 e. The molecule has 11 heteroatoms. The Morgan fingerprint density at radius 1 is 1.18 bits per heavy atom. The Labute approximate surface area is 173 Å². The van der Waals surface area contributed by atoms with Gasteiger partial charge in [-0.25, -0.2) is 8.42 Å². The van der Waals surface area contributed by atoms with E-state index in [2.05, 4.69) is 21.2 Å². The summed E-state index contributed by atoms with van der Waals surface area (Å²) < 4.78 is 64.5. The normalized spacial score (nSPS) is 12.2. The Bertz CT molecular complexity index is 967. The van der Waals surface area contributed by atoms with Gasteiger partial charge in [0.15, 0.2) is 0 Å². The topological polar surface area (TPSA) is 66.5 Å². The van der Waals surface area contributed by atoms with Gasteiger partial charge in [-0.15, -0.1) is 0 Å². The van der Waals surface area contributed by atoms with Gasteiger partial charge >= 0.3 is 6.18 Å². The van der Waals surface area contributed by atoms with Crippen molar-refractivity contribution in [3.63, 3.8) is 0 Å². The molecule has 0 bridgehead atoms. The summed E-state index contributed by atoms with van der Waals surface area (Å²) >= 11 is 8.81. The molecule has 1 N–H and O–H groups in total. The highest BCUT2D eigenvalue weighted by Gasteiger charge is 2.33. The van der Waals surface area contributed by atoms with Crippen LogP contribution in [0.4, 0.5) is 18.9 Å². The fourth-order valence-corrected chi connectivity index (χ4v) is 3.49. The van der Waals surface area contributed by atoms with Crippen LogP contribution in [-0.2, 0) is 27.5 Å². The molecule has 0 atom stereocenters. The third-order valence-electron chi connectivity index (χ3n) is 3.62. The second-order valence-electron chi connectivity index (χ2n) is 5.90. The number of nitrogens with zero attached hydrogens (tertiary/aromatic N) is 1. The quantitative estimate of drug-likeness (QED) is 0.635. The standard InChI is InChI=1S/C17H15BrClF3N2O3S/c1-28(26,27)24(9-11-2-4-12(18)5-3-11)10-16(25)23-13-6-7-15(19)14(8-13)17(20,21)22/h2-8H,9-10H2,1H3,(H,23,25). The molecule has 2 aromatic carbocycles. The Kier molecular flexibility index (Phi) is 7.13. The number of rotatable bonds is 6. The molecular weight excluding hydrogens is 485 g/mol. The number of amides is 1. The molecular formula is C17H15BrClF3N2O3S. The zero-order valence-electron chi connectivity index (χ0n) is 14.4. The van der Waals surface area contributed by atoms with E-state index in [4.69, 9.17) is 11.6 Å². The number of hydrogen-bond acceptors (Lipinski definition) is 3. The van der Waals surface area contributed by atoms with Crippen molar-refractivity contribution in [2.24, 2.45) is 0 Å². The second-order valence-corrected chi connectivity index (χ2v) is 9.20. The minimum atomic E-state index is -4.68. The van der Waals surface area contributed by atoms with Gasteiger partial charge in [-0.3, -0.25) is 4.79 Å². The van der Waals surface area contributed by atoms with Crippen LogP contribution < -0.4 is 5.32 Å². The summed E-state index contributed by atoms with van der Waals surface area (Å²) in [5.41, 5.74) is -0.590. The van der Waals surface area contributed by atoms with Crippen molar-refractivity contribution < 1.29 is 26.4 Å². The molecule has 0 aliphatic heterocycles. The van der Waals surface area contributed by atoms with Gasteiger partial charge in [0.05, 0.1) is 23.4 Å². The fourth-order valence-electron chi connectivity index (χ4n) is 2.26. The molecule has 0 saturated carbocycles. The van der Waals surface area contributed by atoms with Crippen LogP contribution >= 0.6 is 27.5 Å². The Balaban J connectivity index is 2.15. The van der Waals surface area contributed by atoms with Crippen molar-refractivity contribution in [3.8, 4) is 0 Å². The molecule has 5 nitrogen and oxygen atoms in total. The monoisotopic (exact) mass is 498 g/mol. The smallest absolute Gasteiger partial charge is 0.325 e. The molecule has 0 heterocycles. The van der Waals surface area contributed by atoms with Gasteiger partial charge in [0, 0.05) is 16.7 Å². The van der Waals surface area contributed by atoms with Crippen molar-refractivity contribution >= 4 is 49.1 Å². The highest BCUT2D eigenvalue weighted by Crippen LogP contribution is 2.36. The van der Waals surface area contributed by atoms with E-state index in [-0.39, 0.29) is 12.2 Å². The predicted molar refractivity (Wildman–Crippen MR) is 104 cm³/mol. The van der Waals surface area contributed by atoms with E-state index in [1.54, 1.807) is 24.3 Å². The van der Waals surface area contributed by atoms with Crippen LogP contribution in [0.5, 0.6) is 0 Å². The van der Waals surface area contributed by atoms with Crippen molar-refractivity contribution in [1.82, 2.24) is 4.31 Å². The van der Waals surface area contributed by atoms with Crippen LogP contribution in [0, 0.1) is 0 Å². The van der Waals surface area contributed by atoms with Gasteiger partial charge in [0.1, 0.15) is 0 Å². The molecule has 0 radical (unpaired) electrons. The lowest BCUT2D eigenvalue weighted by Crippen LogP contribution is -2.36. The van der Waals surface area contributed by atoms with Gasteiger partial charge in [-0.05, 0) is 35.9 Å². The predicted octanol–water partition coefficient (Wildman–Crippen LogP) is 4.52. The highest BCUT2D eigenvalue weighted by molar-refractivity contribution is 9.10. The molecule has 0 fully saturated rings. The summed E-state index contributed by atoms with van der Waals surface area (Å²) in [5, 5.41) is 1.77. The summed E-state index contributed by atoms with van der Waals surface area (Å²) in [7, 11) is -3.74. The number of alkyl halides is 3. The Morgan fingerprint density at radius 2 is 1.79 bits per heavy atom. The number of halogens is 5. The molecule has 0 aliphatic carbocycles. The SMILES string of the molecule is CS(=O)(=O)N(CC(=O)Nc1ccc(Cl)c(C(F)(F)F)c1)Cc1ccc(Br)cc1. The van der Waals surface area contributed by atoms with Crippen LogP contribution in [0.15, 0.2) is 46.9 Å². The van der Waals surface area contributed by atoms with Crippen LogP contribution in [0.3, 0.4) is 0 Å². The lowest BCUT2D eigenvalue weighted by molar-refractivity contribution is -0.137. The molecule has 2 aromatic rings. The lowest BCUT2D eigenvalue weighted by Gasteiger charge is -2.20. The first-order chi connectivity index (χ1) is 12.9. The Hall–Kier alpha value is -1.62. The average molecular weight is 500 g/mol. The molecule has 1 amide bonds. The van der Waals surface area contributed by atoms with Gasteiger partial charge < -0.3 is 5.32 Å². The molecule has 2 rings (SSSR count). The fraction of sp³-hybridized carbons (Fsp3) is 0.235. The summed E-state index contributed by atoms with van der Waals surface area (Å²) in [6.07, 6.45) is -3.73. The van der Waals surface area contributed by atoms with Crippen molar-refractivity contribution in [1.29, 1.82) is 0 Å². The van der Waals surface area contributed by atoms with Gasteiger partial charge in [0.25, 0.3) is 0 Å². The van der Waals surface area contributed by atoms with Crippen LogP contribution in [0.2, 0.25) is 5.02 Å². The van der Waals surface area contributed by atoms with E-state index in [0.717, 1.165) is 21.1 Å². The van der Waals surface area contributed by atoms with Crippen molar-refractivity contribution in [3.05, 3.63) is 63.1 Å². The van der Waals surface area contributed by atoms with Crippen molar-refractivity contribution in [2.45, 2.75) is 12.7 Å². The number of nitrogens with one attached hydrogen (secondary N) is 1. The first kappa shape index (κ1) is 22.7. The lowest BCUT2D eigenvalue weighted by atomic mass is 10.2. The number of hydrogen-bond donors (Lipinski definition) is 1. The number of sulfonamides is 1. The van der Waals surface area contributed by atoms with Crippen LogP contribution in [0.25, 0.3) is 0 Å². The summed E-state index contributed by atoms with van der Waals surface area (Å²) in [6, 6.07) is 9.74. The van der Waals surface area contributed by atoms with Gasteiger partial charge in [-0.2, -0.15) is 17.5 Å². The van der Waals surface area contributed by atoms with E-state index in [9.17, 15) is 26.4 Å². The van der Waals surface area contributed by atoms with E-state index in [1.807, 2.05) is 0 Å². The van der Waals surface area contributed by atoms with Crippen LogP contribution in [-0.4, -0.2) is 31.4 Å². The minimum Gasteiger partial charge on any atom is -0.325 e. The maximum atomic E-state index is 12.9. The van der Waals surface area contributed by atoms with E-state index in [0.29, 0.717) is 11.6 Å². The largest absolute Gasteiger partial charge is 0.417 e. The zero-order valence-corrected chi connectivity index (χ0v) is 17.6. The number of carbonyl (C=O) groups is 1. The Morgan fingerprint density at radius 3 is 2.32 bits per heavy atom. The molecule has 28 heavy (non-hydrogen) atoms. The maximum absolute atomic E-state index is 12.9. The van der Waals surface area contributed by atoms with Gasteiger partial charge in [-0.1, -0.05) is 39.7 Å². The second kappa shape index (κ2) is 8.81.